The number of benzene rings is 3. The van der Waals surface area contributed by atoms with Crippen LogP contribution in [0.5, 0.6) is 5.75 Å². The van der Waals surface area contributed by atoms with Crippen LogP contribution in [0.25, 0.3) is 11.3 Å². The van der Waals surface area contributed by atoms with Gasteiger partial charge >= 0.3 is 0 Å². The van der Waals surface area contributed by atoms with E-state index in [9.17, 15) is 14.9 Å². The average molecular weight is 494 g/mol. The first-order valence-electron chi connectivity index (χ1n) is 10.5. The number of thiazole rings is 1. The van der Waals surface area contributed by atoms with Gasteiger partial charge in [0.1, 0.15) is 10.6 Å². The number of ether oxygens (including phenoxy) is 1. The molecule has 0 saturated carbocycles. The van der Waals surface area contributed by atoms with Crippen LogP contribution in [0.4, 0.5) is 11.4 Å². The quantitative estimate of drug-likeness (QED) is 0.220. The van der Waals surface area contributed by atoms with Gasteiger partial charge in [-0.25, -0.2) is 4.98 Å². The SMILES string of the molecule is CCOc1ccc(Cc2nc(-c3ccc([N+](=O)[O-])cc3)c(C(=O)Nc3ccccc3Cl)s2)cc1. The third kappa shape index (κ3) is 5.41. The topological polar surface area (TPSA) is 94.4 Å². The van der Waals surface area contributed by atoms with Gasteiger partial charge in [0.05, 0.1) is 32.9 Å². The summed E-state index contributed by atoms with van der Waals surface area (Å²) in [5.41, 5.74) is 2.56. The Bertz CT molecular complexity index is 1320. The Balaban J connectivity index is 1.67. The standard InChI is InChI=1S/C25H20ClN3O4S/c1-2-33-19-13-7-16(8-14-19)15-22-28-23(17-9-11-18(12-10-17)29(31)32)24(34-22)25(30)27-21-6-4-3-5-20(21)26/h3-14H,2,15H2,1H3,(H,27,30). The van der Waals surface area contributed by atoms with Crippen LogP contribution in [0.15, 0.2) is 72.8 Å². The van der Waals surface area contributed by atoms with Crippen molar-refractivity contribution in [3.63, 3.8) is 0 Å². The molecule has 34 heavy (non-hydrogen) atoms. The van der Waals surface area contributed by atoms with Gasteiger partial charge < -0.3 is 10.1 Å². The lowest BCUT2D eigenvalue weighted by Gasteiger charge is -2.07. The summed E-state index contributed by atoms with van der Waals surface area (Å²) in [5.74, 6) is 0.439. The molecule has 0 saturated heterocycles. The first-order valence-corrected chi connectivity index (χ1v) is 11.7. The van der Waals surface area contributed by atoms with E-state index in [-0.39, 0.29) is 11.6 Å². The Morgan fingerprint density at radius 2 is 1.79 bits per heavy atom. The molecule has 9 heteroatoms. The minimum atomic E-state index is -0.465. The van der Waals surface area contributed by atoms with E-state index in [0.717, 1.165) is 16.3 Å². The summed E-state index contributed by atoms with van der Waals surface area (Å²) >= 11 is 7.48. The van der Waals surface area contributed by atoms with Gasteiger partial charge in [0.2, 0.25) is 0 Å². The van der Waals surface area contributed by atoms with Crippen LogP contribution in [0.1, 0.15) is 27.2 Å². The maximum absolute atomic E-state index is 13.2. The molecule has 0 radical (unpaired) electrons. The van der Waals surface area contributed by atoms with Gasteiger partial charge in [-0.05, 0) is 48.9 Å². The van der Waals surface area contributed by atoms with Crippen molar-refractivity contribution in [3.8, 4) is 17.0 Å². The summed E-state index contributed by atoms with van der Waals surface area (Å²) < 4.78 is 5.49. The molecule has 0 unspecified atom stereocenters. The van der Waals surface area contributed by atoms with Crippen LogP contribution in [-0.4, -0.2) is 22.4 Å². The fourth-order valence-corrected chi connectivity index (χ4v) is 4.52. The summed E-state index contributed by atoms with van der Waals surface area (Å²) in [7, 11) is 0. The van der Waals surface area contributed by atoms with E-state index < -0.39 is 4.92 Å². The molecular formula is C25H20ClN3O4S. The second-order valence-electron chi connectivity index (χ2n) is 7.28. The van der Waals surface area contributed by atoms with Gasteiger partial charge in [0, 0.05) is 24.1 Å². The van der Waals surface area contributed by atoms with Gasteiger partial charge in [0.15, 0.2) is 0 Å². The van der Waals surface area contributed by atoms with Crippen molar-refractivity contribution in [2.24, 2.45) is 0 Å². The Morgan fingerprint density at radius 3 is 2.44 bits per heavy atom. The highest BCUT2D eigenvalue weighted by Gasteiger charge is 2.21. The summed E-state index contributed by atoms with van der Waals surface area (Å²) in [6.45, 7) is 2.52. The number of para-hydroxylation sites is 1. The zero-order chi connectivity index (χ0) is 24.1. The number of aromatic nitrogens is 1. The third-order valence-corrected chi connectivity index (χ3v) is 6.32. The molecule has 4 rings (SSSR count). The molecule has 1 aromatic heterocycles. The number of hydrogen-bond acceptors (Lipinski definition) is 6. The van der Waals surface area contributed by atoms with Gasteiger partial charge in [-0.1, -0.05) is 35.9 Å². The Hall–Kier alpha value is -3.75. The second kappa shape index (κ2) is 10.5. The largest absolute Gasteiger partial charge is 0.494 e. The summed E-state index contributed by atoms with van der Waals surface area (Å²) in [6, 6.07) is 20.7. The van der Waals surface area contributed by atoms with E-state index in [2.05, 4.69) is 5.32 Å². The number of nitrogens with zero attached hydrogens (tertiary/aromatic N) is 2. The van der Waals surface area contributed by atoms with Crippen molar-refractivity contribution in [3.05, 3.63) is 103 Å². The molecule has 0 aliphatic carbocycles. The molecule has 0 aliphatic rings. The number of amides is 1. The van der Waals surface area contributed by atoms with E-state index in [0.29, 0.717) is 39.9 Å². The van der Waals surface area contributed by atoms with Crippen LogP contribution in [0.2, 0.25) is 5.02 Å². The molecule has 0 fully saturated rings. The number of nitro benzene ring substituents is 1. The molecule has 0 bridgehead atoms. The zero-order valence-corrected chi connectivity index (χ0v) is 19.7. The molecular weight excluding hydrogens is 474 g/mol. The number of hydrogen-bond donors (Lipinski definition) is 1. The van der Waals surface area contributed by atoms with Crippen molar-refractivity contribution in [1.29, 1.82) is 0 Å². The normalized spacial score (nSPS) is 10.6. The zero-order valence-electron chi connectivity index (χ0n) is 18.2. The van der Waals surface area contributed by atoms with Gasteiger partial charge in [-0.15, -0.1) is 11.3 Å². The van der Waals surface area contributed by atoms with Crippen molar-refractivity contribution >= 4 is 40.2 Å². The van der Waals surface area contributed by atoms with Gasteiger partial charge in [-0.3, -0.25) is 14.9 Å². The molecule has 0 atom stereocenters. The van der Waals surface area contributed by atoms with E-state index in [1.54, 1.807) is 36.4 Å². The molecule has 0 aliphatic heterocycles. The van der Waals surface area contributed by atoms with E-state index in [4.69, 9.17) is 21.3 Å². The van der Waals surface area contributed by atoms with Crippen molar-refractivity contribution in [1.82, 2.24) is 4.98 Å². The van der Waals surface area contributed by atoms with Crippen LogP contribution in [0, 0.1) is 10.1 Å². The fraction of sp³-hybridized carbons (Fsp3) is 0.120. The molecule has 3 aromatic carbocycles. The Labute approximate surface area is 205 Å². The molecule has 1 amide bonds. The summed E-state index contributed by atoms with van der Waals surface area (Å²) in [4.78, 5) is 28.9. The highest BCUT2D eigenvalue weighted by molar-refractivity contribution is 7.14. The highest BCUT2D eigenvalue weighted by atomic mass is 35.5. The van der Waals surface area contributed by atoms with Crippen LogP contribution in [0.3, 0.4) is 0 Å². The minimum Gasteiger partial charge on any atom is -0.494 e. The first kappa shape index (κ1) is 23.4. The molecule has 4 aromatic rings. The molecule has 0 spiro atoms. The van der Waals surface area contributed by atoms with Crippen LogP contribution >= 0.6 is 22.9 Å². The first-order chi connectivity index (χ1) is 16.4. The predicted molar refractivity (Wildman–Crippen MR) is 134 cm³/mol. The Morgan fingerprint density at radius 1 is 1.09 bits per heavy atom. The van der Waals surface area contributed by atoms with E-state index in [1.807, 2.05) is 31.2 Å². The van der Waals surface area contributed by atoms with E-state index >= 15 is 0 Å². The lowest BCUT2D eigenvalue weighted by atomic mass is 10.1. The smallest absolute Gasteiger partial charge is 0.269 e. The number of nitro groups is 1. The highest BCUT2D eigenvalue weighted by Crippen LogP contribution is 2.32. The Kier molecular flexibility index (Phi) is 7.20. The minimum absolute atomic E-state index is 0.0318. The van der Waals surface area contributed by atoms with Crippen LogP contribution in [-0.2, 0) is 6.42 Å². The van der Waals surface area contributed by atoms with Gasteiger partial charge in [0.25, 0.3) is 11.6 Å². The summed E-state index contributed by atoms with van der Waals surface area (Å²) in [6.07, 6.45) is 0.524. The summed E-state index contributed by atoms with van der Waals surface area (Å²) in [5, 5.41) is 15.0. The number of anilines is 1. The number of halogens is 1. The molecule has 1 heterocycles. The lowest BCUT2D eigenvalue weighted by molar-refractivity contribution is -0.384. The van der Waals surface area contributed by atoms with Crippen molar-refractivity contribution < 1.29 is 14.5 Å². The van der Waals surface area contributed by atoms with Crippen molar-refractivity contribution in [2.75, 3.05) is 11.9 Å². The van der Waals surface area contributed by atoms with Crippen LogP contribution < -0.4 is 10.1 Å². The third-order valence-electron chi connectivity index (χ3n) is 4.94. The number of non-ortho nitro benzene ring substituents is 1. The number of nitrogens with one attached hydrogen (secondary N) is 1. The monoisotopic (exact) mass is 493 g/mol. The second-order valence-corrected chi connectivity index (χ2v) is 8.77. The number of rotatable bonds is 8. The number of carbonyl (C=O) groups excluding carboxylic acids is 1. The lowest BCUT2D eigenvalue weighted by Crippen LogP contribution is -2.11. The number of carbonyl (C=O) groups is 1. The van der Waals surface area contributed by atoms with Gasteiger partial charge in [-0.2, -0.15) is 0 Å². The van der Waals surface area contributed by atoms with E-state index in [1.165, 1.54) is 23.5 Å². The molecule has 7 nitrogen and oxygen atoms in total. The maximum atomic E-state index is 13.2. The molecule has 172 valence electrons. The fourth-order valence-electron chi connectivity index (χ4n) is 3.32. The van der Waals surface area contributed by atoms with Crippen molar-refractivity contribution in [2.45, 2.75) is 13.3 Å². The predicted octanol–water partition coefficient (Wildman–Crippen LogP) is 6.61. The molecule has 1 N–H and O–H groups in total. The average Bonchev–Trinajstić information content (AvgIpc) is 3.26. The maximum Gasteiger partial charge on any atom is 0.269 e.